The lowest BCUT2D eigenvalue weighted by atomic mass is 9.95. The molecule has 0 aliphatic heterocycles. The van der Waals surface area contributed by atoms with E-state index in [4.69, 9.17) is 11.6 Å². The minimum atomic E-state index is 0.206. The Hall–Kier alpha value is -1.90. The standard InChI is InChI=1S/C18H17ClN2/c1-20-18(12-13-6-2-3-9-16(13)19)15-7-4-10-17-14(15)8-5-11-21-17/h2-11,18,20H,12H2,1H3. The largest absolute Gasteiger partial charge is 0.313 e. The zero-order valence-electron chi connectivity index (χ0n) is 11.9. The van der Waals surface area contributed by atoms with Gasteiger partial charge in [0.15, 0.2) is 0 Å². The molecule has 0 aliphatic rings. The first-order valence-corrected chi connectivity index (χ1v) is 7.41. The van der Waals surface area contributed by atoms with Gasteiger partial charge in [0.05, 0.1) is 5.52 Å². The third kappa shape index (κ3) is 2.92. The molecule has 0 fully saturated rings. The first-order valence-electron chi connectivity index (χ1n) is 7.04. The van der Waals surface area contributed by atoms with Crippen molar-refractivity contribution < 1.29 is 0 Å². The van der Waals surface area contributed by atoms with Gasteiger partial charge in [-0.2, -0.15) is 0 Å². The highest BCUT2D eigenvalue weighted by Gasteiger charge is 2.14. The molecule has 1 aromatic heterocycles. The molecule has 1 heterocycles. The Morgan fingerprint density at radius 3 is 2.71 bits per heavy atom. The summed E-state index contributed by atoms with van der Waals surface area (Å²) in [6, 6.07) is 18.6. The van der Waals surface area contributed by atoms with Crippen LogP contribution < -0.4 is 5.32 Å². The molecule has 0 amide bonds. The molecule has 0 saturated heterocycles. The van der Waals surface area contributed by atoms with E-state index < -0.39 is 0 Å². The van der Waals surface area contributed by atoms with Crippen molar-refractivity contribution in [1.82, 2.24) is 10.3 Å². The smallest absolute Gasteiger partial charge is 0.0705 e. The Kier molecular flexibility index (Phi) is 4.18. The minimum Gasteiger partial charge on any atom is -0.313 e. The number of nitrogens with zero attached hydrogens (tertiary/aromatic N) is 1. The molecule has 3 rings (SSSR count). The third-order valence-electron chi connectivity index (χ3n) is 3.79. The van der Waals surface area contributed by atoms with Gasteiger partial charge in [-0.3, -0.25) is 4.98 Å². The van der Waals surface area contributed by atoms with E-state index in [2.05, 4.69) is 34.6 Å². The number of aromatic nitrogens is 1. The van der Waals surface area contributed by atoms with Gasteiger partial charge < -0.3 is 5.32 Å². The van der Waals surface area contributed by atoms with Crippen LogP contribution >= 0.6 is 11.6 Å². The van der Waals surface area contributed by atoms with E-state index in [1.165, 1.54) is 10.9 Å². The Morgan fingerprint density at radius 2 is 1.90 bits per heavy atom. The van der Waals surface area contributed by atoms with Gasteiger partial charge in [-0.25, -0.2) is 0 Å². The van der Waals surface area contributed by atoms with E-state index in [1.807, 2.05) is 43.6 Å². The van der Waals surface area contributed by atoms with Crippen molar-refractivity contribution in [2.24, 2.45) is 0 Å². The van der Waals surface area contributed by atoms with Crippen molar-refractivity contribution >= 4 is 22.5 Å². The molecule has 1 N–H and O–H groups in total. The van der Waals surface area contributed by atoms with Gasteiger partial charge in [0.25, 0.3) is 0 Å². The number of rotatable bonds is 4. The van der Waals surface area contributed by atoms with E-state index in [0.717, 1.165) is 22.5 Å². The van der Waals surface area contributed by atoms with Crippen LogP contribution in [0.15, 0.2) is 60.8 Å². The fourth-order valence-electron chi connectivity index (χ4n) is 2.68. The van der Waals surface area contributed by atoms with Crippen LogP contribution in [0, 0.1) is 0 Å². The van der Waals surface area contributed by atoms with Crippen LogP contribution in [0.3, 0.4) is 0 Å². The summed E-state index contributed by atoms with van der Waals surface area (Å²) in [4.78, 5) is 4.43. The summed E-state index contributed by atoms with van der Waals surface area (Å²) in [5, 5.41) is 5.40. The van der Waals surface area contributed by atoms with Crippen LogP contribution in [0.5, 0.6) is 0 Å². The molecule has 0 bridgehead atoms. The van der Waals surface area contributed by atoms with Crippen LogP contribution in [-0.4, -0.2) is 12.0 Å². The summed E-state index contributed by atoms with van der Waals surface area (Å²) in [6.45, 7) is 0. The van der Waals surface area contributed by atoms with Crippen LogP contribution in [0.4, 0.5) is 0 Å². The topological polar surface area (TPSA) is 24.9 Å². The van der Waals surface area contributed by atoms with Crippen molar-refractivity contribution in [2.45, 2.75) is 12.5 Å². The molecule has 0 saturated carbocycles. The first-order chi connectivity index (χ1) is 10.3. The second-order valence-electron chi connectivity index (χ2n) is 5.05. The molecule has 0 radical (unpaired) electrons. The Morgan fingerprint density at radius 1 is 1.05 bits per heavy atom. The Bertz CT molecular complexity index is 750. The number of halogens is 1. The average molecular weight is 297 g/mol. The normalized spacial score (nSPS) is 12.5. The minimum absolute atomic E-state index is 0.206. The SMILES string of the molecule is CNC(Cc1ccccc1Cl)c1cccc2ncccc12. The van der Waals surface area contributed by atoms with E-state index in [0.29, 0.717) is 0 Å². The molecule has 1 unspecified atom stereocenters. The maximum atomic E-state index is 6.29. The number of benzene rings is 2. The highest BCUT2D eigenvalue weighted by molar-refractivity contribution is 6.31. The highest BCUT2D eigenvalue weighted by Crippen LogP contribution is 2.27. The Balaban J connectivity index is 2.01. The van der Waals surface area contributed by atoms with Gasteiger partial charge in [0.2, 0.25) is 0 Å². The summed E-state index contributed by atoms with van der Waals surface area (Å²) in [5.74, 6) is 0. The van der Waals surface area contributed by atoms with Gasteiger partial charge in [-0.1, -0.05) is 48.0 Å². The number of pyridine rings is 1. The highest BCUT2D eigenvalue weighted by atomic mass is 35.5. The summed E-state index contributed by atoms with van der Waals surface area (Å²) in [7, 11) is 1.98. The van der Waals surface area contributed by atoms with Crippen molar-refractivity contribution in [3.05, 3.63) is 76.9 Å². The van der Waals surface area contributed by atoms with E-state index >= 15 is 0 Å². The molecule has 1 atom stereocenters. The number of hydrogen-bond donors (Lipinski definition) is 1. The molecular formula is C18H17ClN2. The third-order valence-corrected chi connectivity index (χ3v) is 4.15. The number of nitrogens with one attached hydrogen (secondary N) is 1. The number of likely N-dealkylation sites (N-methyl/N-ethyl adjacent to an activating group) is 1. The van der Waals surface area contributed by atoms with E-state index in [9.17, 15) is 0 Å². The molecule has 2 aromatic carbocycles. The van der Waals surface area contributed by atoms with Crippen LogP contribution in [0.1, 0.15) is 17.2 Å². The maximum absolute atomic E-state index is 6.29. The van der Waals surface area contributed by atoms with Crippen molar-refractivity contribution in [3.63, 3.8) is 0 Å². The zero-order chi connectivity index (χ0) is 14.7. The second kappa shape index (κ2) is 6.25. The van der Waals surface area contributed by atoms with Gasteiger partial charge in [-0.05, 0) is 42.8 Å². The zero-order valence-corrected chi connectivity index (χ0v) is 12.6. The molecule has 21 heavy (non-hydrogen) atoms. The molecule has 3 heteroatoms. The van der Waals surface area contributed by atoms with Crippen LogP contribution in [0.25, 0.3) is 10.9 Å². The molecule has 3 aromatic rings. The fourth-order valence-corrected chi connectivity index (χ4v) is 2.90. The van der Waals surface area contributed by atoms with E-state index in [-0.39, 0.29) is 6.04 Å². The average Bonchev–Trinajstić information content (AvgIpc) is 2.54. The van der Waals surface area contributed by atoms with Crippen LogP contribution in [-0.2, 0) is 6.42 Å². The summed E-state index contributed by atoms with van der Waals surface area (Å²) < 4.78 is 0. The lowest BCUT2D eigenvalue weighted by Gasteiger charge is -2.19. The quantitative estimate of drug-likeness (QED) is 0.772. The van der Waals surface area contributed by atoms with Gasteiger partial charge >= 0.3 is 0 Å². The van der Waals surface area contributed by atoms with E-state index in [1.54, 1.807) is 0 Å². The molecule has 106 valence electrons. The first kappa shape index (κ1) is 14.1. The van der Waals surface area contributed by atoms with Gasteiger partial charge in [0.1, 0.15) is 0 Å². The summed E-state index contributed by atoms with van der Waals surface area (Å²) in [5.41, 5.74) is 3.43. The predicted molar refractivity (Wildman–Crippen MR) is 88.7 cm³/mol. The number of hydrogen-bond acceptors (Lipinski definition) is 2. The molecule has 0 spiro atoms. The van der Waals surface area contributed by atoms with Crippen molar-refractivity contribution in [1.29, 1.82) is 0 Å². The van der Waals surface area contributed by atoms with Crippen LogP contribution in [0.2, 0.25) is 5.02 Å². The molecule has 2 nitrogen and oxygen atoms in total. The van der Waals surface area contributed by atoms with Crippen molar-refractivity contribution in [2.75, 3.05) is 7.05 Å². The monoisotopic (exact) mass is 296 g/mol. The molecule has 0 aliphatic carbocycles. The Labute approximate surface area is 129 Å². The summed E-state index contributed by atoms with van der Waals surface area (Å²) in [6.07, 6.45) is 2.68. The number of fused-ring (bicyclic) bond motifs is 1. The van der Waals surface area contributed by atoms with Gasteiger partial charge in [-0.15, -0.1) is 0 Å². The predicted octanol–water partition coefficient (Wildman–Crippen LogP) is 4.39. The molecular weight excluding hydrogens is 280 g/mol. The van der Waals surface area contributed by atoms with Crippen molar-refractivity contribution in [3.8, 4) is 0 Å². The summed E-state index contributed by atoms with van der Waals surface area (Å²) >= 11 is 6.29. The lowest BCUT2D eigenvalue weighted by molar-refractivity contribution is 0.596. The fraction of sp³-hybridized carbons (Fsp3) is 0.167. The lowest BCUT2D eigenvalue weighted by Crippen LogP contribution is -2.19. The second-order valence-corrected chi connectivity index (χ2v) is 5.46. The van der Waals surface area contributed by atoms with Gasteiger partial charge in [0, 0.05) is 22.6 Å². The maximum Gasteiger partial charge on any atom is 0.0705 e.